The highest BCUT2D eigenvalue weighted by molar-refractivity contribution is 6.24. The molecule has 0 unspecified atom stereocenters. The van der Waals surface area contributed by atoms with E-state index in [0.29, 0.717) is 0 Å². The number of benzene rings is 1. The van der Waals surface area contributed by atoms with Gasteiger partial charge in [-0.15, -0.1) is 0 Å². The van der Waals surface area contributed by atoms with Gasteiger partial charge in [0.1, 0.15) is 0 Å². The number of para-hydroxylation sites is 1. The van der Waals surface area contributed by atoms with E-state index in [-0.39, 0.29) is 46.7 Å². The summed E-state index contributed by atoms with van der Waals surface area (Å²) < 4.78 is 0. The normalized spacial score (nSPS) is 32.9. The van der Waals surface area contributed by atoms with Crippen LogP contribution in [0.15, 0.2) is 36.4 Å². The second-order valence-corrected chi connectivity index (χ2v) is 5.82. The smallest absolute Gasteiger partial charge is 0.238 e. The lowest BCUT2D eigenvalue weighted by Crippen LogP contribution is -2.35. The molecule has 5 heteroatoms. The maximum atomic E-state index is 12.6. The first kappa shape index (κ1) is 12.3. The van der Waals surface area contributed by atoms with Gasteiger partial charge < -0.3 is 9.90 Å². The summed E-state index contributed by atoms with van der Waals surface area (Å²) in [5.41, 5.74) is 0.000722. The molecule has 1 aliphatic heterocycles. The standard InChI is InChI=1S/C16H13NO4/c18-14-12-8-5-6-9(7-8)13(12)15(19)17(14)11-4-2-1-3-10(11)16(20)21/h1-6,8-9,12-13H,7H2,(H,20,21)/p-1/t8-,9+,12-,13-/m0/s1. The molecule has 21 heavy (non-hydrogen) atoms. The van der Waals surface area contributed by atoms with Crippen LogP contribution in [0.2, 0.25) is 0 Å². The van der Waals surface area contributed by atoms with Crippen LogP contribution in [-0.2, 0) is 9.59 Å². The molecule has 1 aromatic carbocycles. The third-order valence-electron chi connectivity index (χ3n) is 4.84. The van der Waals surface area contributed by atoms with Crippen LogP contribution in [0, 0.1) is 23.7 Å². The van der Waals surface area contributed by atoms with E-state index in [1.54, 1.807) is 12.1 Å². The van der Waals surface area contributed by atoms with Crippen LogP contribution in [0.3, 0.4) is 0 Å². The summed E-state index contributed by atoms with van der Waals surface area (Å²) in [6.07, 6.45) is 4.86. The number of amides is 2. The maximum Gasteiger partial charge on any atom is 0.238 e. The van der Waals surface area contributed by atoms with Gasteiger partial charge in [-0.3, -0.25) is 9.59 Å². The van der Waals surface area contributed by atoms with Gasteiger partial charge in [0.2, 0.25) is 11.8 Å². The van der Waals surface area contributed by atoms with Crippen LogP contribution in [0.25, 0.3) is 0 Å². The lowest BCUT2D eigenvalue weighted by Gasteiger charge is -2.20. The van der Waals surface area contributed by atoms with E-state index in [9.17, 15) is 19.5 Å². The predicted octanol–water partition coefficient (Wildman–Crippen LogP) is 0.362. The van der Waals surface area contributed by atoms with Crippen molar-refractivity contribution in [1.29, 1.82) is 0 Å². The molecule has 5 nitrogen and oxygen atoms in total. The van der Waals surface area contributed by atoms with Gasteiger partial charge in [-0.2, -0.15) is 0 Å². The minimum atomic E-state index is -1.38. The van der Waals surface area contributed by atoms with Crippen LogP contribution in [0.4, 0.5) is 5.69 Å². The van der Waals surface area contributed by atoms with Crippen LogP contribution in [-0.4, -0.2) is 17.8 Å². The fraction of sp³-hybridized carbons (Fsp3) is 0.312. The Morgan fingerprint density at radius 3 is 2.19 bits per heavy atom. The Morgan fingerprint density at radius 1 is 1.05 bits per heavy atom. The molecule has 2 amide bonds. The van der Waals surface area contributed by atoms with Crippen molar-refractivity contribution in [2.45, 2.75) is 6.42 Å². The number of aromatic carboxylic acids is 1. The number of anilines is 1. The molecule has 2 aliphatic carbocycles. The van der Waals surface area contributed by atoms with Gasteiger partial charge in [0.05, 0.1) is 23.5 Å². The van der Waals surface area contributed by atoms with E-state index in [0.717, 1.165) is 11.3 Å². The number of fused-ring (bicyclic) bond motifs is 5. The number of hydrogen-bond acceptors (Lipinski definition) is 4. The number of carboxylic acids is 1. The van der Waals surface area contributed by atoms with Crippen LogP contribution >= 0.6 is 0 Å². The third-order valence-corrected chi connectivity index (χ3v) is 4.84. The largest absolute Gasteiger partial charge is 0.545 e. The molecule has 3 aliphatic rings. The summed E-state index contributed by atoms with van der Waals surface area (Å²) in [4.78, 5) is 37.5. The number of hydrogen-bond donors (Lipinski definition) is 0. The molecule has 1 aromatic rings. The predicted molar refractivity (Wildman–Crippen MR) is 71.0 cm³/mol. The van der Waals surface area contributed by atoms with Crippen molar-refractivity contribution in [3.63, 3.8) is 0 Å². The molecule has 2 bridgehead atoms. The molecule has 1 saturated heterocycles. The fourth-order valence-corrected chi connectivity index (χ4v) is 3.98. The van der Waals surface area contributed by atoms with Crippen LogP contribution < -0.4 is 10.0 Å². The zero-order valence-corrected chi connectivity index (χ0v) is 11.1. The Bertz CT molecular complexity index is 678. The number of nitrogens with zero attached hydrogens (tertiary/aromatic N) is 1. The Hall–Kier alpha value is -2.43. The van der Waals surface area contributed by atoms with Crippen LogP contribution in [0.5, 0.6) is 0 Å². The number of carbonyl (C=O) groups excluding carboxylic acids is 3. The van der Waals surface area contributed by atoms with E-state index in [4.69, 9.17) is 0 Å². The third kappa shape index (κ3) is 1.48. The number of allylic oxidation sites excluding steroid dienone is 2. The summed E-state index contributed by atoms with van der Waals surface area (Å²) >= 11 is 0. The van der Waals surface area contributed by atoms with Gasteiger partial charge in [0, 0.05) is 5.56 Å². The quantitative estimate of drug-likeness (QED) is 0.579. The molecule has 106 valence electrons. The van der Waals surface area contributed by atoms with Gasteiger partial charge in [-0.05, 0) is 24.3 Å². The highest BCUT2D eigenvalue weighted by Gasteiger charge is 2.59. The van der Waals surface area contributed by atoms with Crippen molar-refractivity contribution in [2.75, 3.05) is 4.90 Å². The second-order valence-electron chi connectivity index (χ2n) is 5.82. The minimum absolute atomic E-state index is 0.108. The number of carbonyl (C=O) groups is 3. The summed E-state index contributed by atoms with van der Waals surface area (Å²) in [6.45, 7) is 0. The number of carboxylic acid groups (broad SMARTS) is 1. The van der Waals surface area contributed by atoms with Gasteiger partial charge in [0.15, 0.2) is 0 Å². The van der Waals surface area contributed by atoms with E-state index in [1.807, 2.05) is 12.2 Å². The zero-order valence-electron chi connectivity index (χ0n) is 11.1. The molecule has 0 aromatic heterocycles. The SMILES string of the molecule is O=C([O-])c1ccccc1N1C(=O)[C@@H]2[C@@H](C1=O)[C@H]1C=C[C@@H]2C1. The molecular weight excluding hydrogens is 270 g/mol. The van der Waals surface area contributed by atoms with Gasteiger partial charge in [0.25, 0.3) is 0 Å². The molecule has 0 radical (unpaired) electrons. The fourth-order valence-electron chi connectivity index (χ4n) is 3.98. The molecule has 4 rings (SSSR count). The van der Waals surface area contributed by atoms with E-state index >= 15 is 0 Å². The van der Waals surface area contributed by atoms with Gasteiger partial charge >= 0.3 is 0 Å². The molecule has 4 atom stereocenters. The van der Waals surface area contributed by atoms with E-state index in [2.05, 4.69) is 0 Å². The summed E-state index contributed by atoms with van der Waals surface area (Å²) in [5, 5.41) is 11.2. The average molecular weight is 282 g/mol. The Balaban J connectivity index is 1.80. The van der Waals surface area contributed by atoms with Crippen molar-refractivity contribution < 1.29 is 19.5 Å². The van der Waals surface area contributed by atoms with Gasteiger partial charge in [-0.1, -0.05) is 30.4 Å². The zero-order chi connectivity index (χ0) is 14.7. The molecule has 0 N–H and O–H groups in total. The molecule has 1 saturated carbocycles. The molecule has 2 fully saturated rings. The lowest BCUT2D eigenvalue weighted by molar-refractivity contribution is -0.254. The molecule has 0 spiro atoms. The Morgan fingerprint density at radius 2 is 1.62 bits per heavy atom. The Labute approximate surface area is 120 Å². The summed E-state index contributed by atoms with van der Waals surface area (Å²) in [5.74, 6) is -2.40. The minimum Gasteiger partial charge on any atom is -0.545 e. The lowest BCUT2D eigenvalue weighted by atomic mass is 9.85. The summed E-state index contributed by atoms with van der Waals surface area (Å²) in [6, 6.07) is 6.00. The Kier molecular flexibility index (Phi) is 2.37. The second kappa shape index (κ2) is 4.04. The molecular formula is C16H12NO4-. The van der Waals surface area contributed by atoms with E-state index in [1.165, 1.54) is 12.1 Å². The van der Waals surface area contributed by atoms with Gasteiger partial charge in [-0.25, -0.2) is 4.90 Å². The topological polar surface area (TPSA) is 77.5 Å². The van der Waals surface area contributed by atoms with E-state index < -0.39 is 5.97 Å². The first-order valence-electron chi connectivity index (χ1n) is 6.96. The monoisotopic (exact) mass is 282 g/mol. The maximum absolute atomic E-state index is 12.6. The highest BCUT2D eigenvalue weighted by atomic mass is 16.4. The van der Waals surface area contributed by atoms with Crippen molar-refractivity contribution in [2.24, 2.45) is 23.7 Å². The highest BCUT2D eigenvalue weighted by Crippen LogP contribution is 2.53. The first-order chi connectivity index (χ1) is 10.1. The van der Waals surface area contributed by atoms with Crippen molar-refractivity contribution in [3.8, 4) is 0 Å². The number of rotatable bonds is 2. The van der Waals surface area contributed by atoms with Crippen molar-refractivity contribution in [3.05, 3.63) is 42.0 Å². The first-order valence-corrected chi connectivity index (χ1v) is 6.96. The van der Waals surface area contributed by atoms with Crippen molar-refractivity contribution >= 4 is 23.5 Å². The summed E-state index contributed by atoms with van der Waals surface area (Å²) in [7, 11) is 0. The average Bonchev–Trinajstić information content (AvgIpc) is 3.13. The van der Waals surface area contributed by atoms with Crippen molar-refractivity contribution in [1.82, 2.24) is 0 Å². The number of imide groups is 1. The molecule has 1 heterocycles. The van der Waals surface area contributed by atoms with Crippen LogP contribution in [0.1, 0.15) is 16.8 Å².